The summed E-state index contributed by atoms with van der Waals surface area (Å²) in [7, 11) is 0. The molecule has 0 bridgehead atoms. The number of nitrogens with zero attached hydrogens (tertiary/aromatic N) is 3. The first-order chi connectivity index (χ1) is 11.5. The van der Waals surface area contributed by atoms with Crippen LogP contribution in [0, 0.1) is 17.3 Å². The SMILES string of the molecule is CC(C)CC1(CN2CCCC(CN3CCN(C(C)C)CC3)C2)CC1. The van der Waals surface area contributed by atoms with Crippen molar-refractivity contribution in [3.05, 3.63) is 0 Å². The summed E-state index contributed by atoms with van der Waals surface area (Å²) in [6.07, 6.45) is 7.31. The molecule has 0 aromatic heterocycles. The van der Waals surface area contributed by atoms with Gasteiger partial charge in [0.2, 0.25) is 0 Å². The Kier molecular flexibility index (Phi) is 6.26. The van der Waals surface area contributed by atoms with Crippen LogP contribution in [0.25, 0.3) is 0 Å². The lowest BCUT2D eigenvalue weighted by molar-refractivity contribution is 0.0705. The van der Waals surface area contributed by atoms with Crippen molar-refractivity contribution in [1.29, 1.82) is 0 Å². The Balaban J connectivity index is 1.41. The van der Waals surface area contributed by atoms with Gasteiger partial charge in [-0.25, -0.2) is 0 Å². The Morgan fingerprint density at radius 3 is 2.21 bits per heavy atom. The van der Waals surface area contributed by atoms with Gasteiger partial charge in [-0.3, -0.25) is 4.90 Å². The van der Waals surface area contributed by atoms with E-state index in [4.69, 9.17) is 0 Å². The maximum absolute atomic E-state index is 2.83. The molecular formula is C21H41N3. The molecule has 0 amide bonds. The molecule has 3 fully saturated rings. The molecule has 2 aliphatic heterocycles. The third kappa shape index (κ3) is 5.19. The zero-order chi connectivity index (χ0) is 17.2. The van der Waals surface area contributed by atoms with E-state index in [9.17, 15) is 0 Å². The Labute approximate surface area is 150 Å². The summed E-state index contributed by atoms with van der Waals surface area (Å²) in [6.45, 7) is 20.0. The van der Waals surface area contributed by atoms with E-state index in [1.54, 1.807) is 0 Å². The van der Waals surface area contributed by atoms with Crippen LogP contribution in [-0.2, 0) is 0 Å². The first-order valence-corrected chi connectivity index (χ1v) is 10.6. The highest BCUT2D eigenvalue weighted by Gasteiger charge is 2.44. The van der Waals surface area contributed by atoms with Crippen LogP contribution >= 0.6 is 0 Å². The van der Waals surface area contributed by atoms with E-state index in [1.807, 2.05) is 0 Å². The molecule has 0 N–H and O–H groups in total. The molecule has 140 valence electrons. The minimum atomic E-state index is 0.707. The first kappa shape index (κ1) is 18.7. The van der Waals surface area contributed by atoms with Crippen molar-refractivity contribution in [3.63, 3.8) is 0 Å². The van der Waals surface area contributed by atoms with E-state index < -0.39 is 0 Å². The second-order valence-electron chi connectivity index (χ2n) is 9.77. The molecular weight excluding hydrogens is 294 g/mol. The van der Waals surface area contributed by atoms with E-state index >= 15 is 0 Å². The van der Waals surface area contributed by atoms with E-state index in [0.29, 0.717) is 11.5 Å². The Morgan fingerprint density at radius 2 is 1.62 bits per heavy atom. The summed E-state index contributed by atoms with van der Waals surface area (Å²) in [4.78, 5) is 8.20. The van der Waals surface area contributed by atoms with Crippen molar-refractivity contribution in [2.45, 2.75) is 65.8 Å². The van der Waals surface area contributed by atoms with Gasteiger partial charge in [-0.05, 0) is 69.7 Å². The molecule has 2 saturated heterocycles. The monoisotopic (exact) mass is 335 g/mol. The molecule has 24 heavy (non-hydrogen) atoms. The van der Waals surface area contributed by atoms with Gasteiger partial charge in [0.15, 0.2) is 0 Å². The van der Waals surface area contributed by atoms with Crippen LogP contribution in [0.5, 0.6) is 0 Å². The molecule has 0 radical (unpaired) electrons. The molecule has 1 saturated carbocycles. The van der Waals surface area contributed by atoms with Gasteiger partial charge in [0.05, 0.1) is 0 Å². The minimum Gasteiger partial charge on any atom is -0.302 e. The third-order valence-corrected chi connectivity index (χ3v) is 6.61. The van der Waals surface area contributed by atoms with Crippen molar-refractivity contribution in [1.82, 2.24) is 14.7 Å². The van der Waals surface area contributed by atoms with Gasteiger partial charge in [-0.15, -0.1) is 0 Å². The summed E-state index contributed by atoms with van der Waals surface area (Å²) >= 11 is 0. The van der Waals surface area contributed by atoms with Crippen LogP contribution in [0.15, 0.2) is 0 Å². The fourth-order valence-electron chi connectivity index (χ4n) is 5.22. The van der Waals surface area contributed by atoms with Crippen LogP contribution in [0.3, 0.4) is 0 Å². The second kappa shape index (κ2) is 8.05. The van der Waals surface area contributed by atoms with Gasteiger partial charge < -0.3 is 9.80 Å². The van der Waals surface area contributed by atoms with Crippen molar-refractivity contribution in [2.75, 3.05) is 52.4 Å². The fourth-order valence-corrected chi connectivity index (χ4v) is 5.22. The highest BCUT2D eigenvalue weighted by atomic mass is 15.3. The summed E-state index contributed by atoms with van der Waals surface area (Å²) < 4.78 is 0. The van der Waals surface area contributed by atoms with Crippen LogP contribution in [0.2, 0.25) is 0 Å². The molecule has 3 aliphatic rings. The largest absolute Gasteiger partial charge is 0.302 e. The zero-order valence-corrected chi connectivity index (χ0v) is 16.8. The summed E-state index contributed by atoms with van der Waals surface area (Å²) in [5.41, 5.74) is 0.707. The quantitative estimate of drug-likeness (QED) is 0.704. The molecule has 0 aromatic carbocycles. The van der Waals surface area contributed by atoms with Gasteiger partial charge in [0.25, 0.3) is 0 Å². The Bertz CT molecular complexity index is 381. The van der Waals surface area contributed by atoms with Gasteiger partial charge in [-0.2, -0.15) is 0 Å². The van der Waals surface area contributed by atoms with Crippen molar-refractivity contribution in [2.24, 2.45) is 17.3 Å². The van der Waals surface area contributed by atoms with Gasteiger partial charge in [0, 0.05) is 51.9 Å². The molecule has 3 rings (SSSR count). The Hall–Kier alpha value is -0.120. The number of piperidine rings is 1. The Morgan fingerprint density at radius 1 is 0.917 bits per heavy atom. The van der Waals surface area contributed by atoms with E-state index in [1.165, 1.54) is 84.5 Å². The fraction of sp³-hybridized carbons (Fsp3) is 1.00. The normalized spacial score (nSPS) is 29.5. The predicted molar refractivity (Wildman–Crippen MR) is 103 cm³/mol. The second-order valence-corrected chi connectivity index (χ2v) is 9.77. The molecule has 1 unspecified atom stereocenters. The van der Waals surface area contributed by atoms with Gasteiger partial charge in [0.1, 0.15) is 0 Å². The average molecular weight is 336 g/mol. The lowest BCUT2D eigenvalue weighted by Crippen LogP contribution is -2.51. The van der Waals surface area contributed by atoms with Gasteiger partial charge >= 0.3 is 0 Å². The number of hydrogen-bond acceptors (Lipinski definition) is 3. The topological polar surface area (TPSA) is 9.72 Å². The highest BCUT2D eigenvalue weighted by molar-refractivity contribution is 4.97. The average Bonchev–Trinajstić information content (AvgIpc) is 3.26. The van der Waals surface area contributed by atoms with Crippen LogP contribution in [0.4, 0.5) is 0 Å². The maximum atomic E-state index is 2.83. The molecule has 1 atom stereocenters. The van der Waals surface area contributed by atoms with E-state index in [0.717, 1.165) is 11.8 Å². The van der Waals surface area contributed by atoms with Gasteiger partial charge in [-0.1, -0.05) is 13.8 Å². The molecule has 0 aromatic rings. The lowest BCUT2D eigenvalue weighted by atomic mass is 9.91. The molecule has 1 aliphatic carbocycles. The molecule has 3 nitrogen and oxygen atoms in total. The maximum Gasteiger partial charge on any atom is 0.0113 e. The van der Waals surface area contributed by atoms with Crippen LogP contribution < -0.4 is 0 Å². The number of piperazine rings is 1. The van der Waals surface area contributed by atoms with Crippen molar-refractivity contribution >= 4 is 0 Å². The van der Waals surface area contributed by atoms with Crippen LogP contribution in [0.1, 0.15) is 59.8 Å². The smallest absolute Gasteiger partial charge is 0.0113 e. The first-order valence-electron chi connectivity index (χ1n) is 10.6. The van der Waals surface area contributed by atoms with Crippen LogP contribution in [-0.4, -0.2) is 73.1 Å². The molecule has 3 heteroatoms. The summed E-state index contributed by atoms with van der Waals surface area (Å²) in [5.74, 6) is 1.78. The minimum absolute atomic E-state index is 0.707. The number of hydrogen-bond donors (Lipinski definition) is 0. The van der Waals surface area contributed by atoms with Crippen molar-refractivity contribution in [3.8, 4) is 0 Å². The third-order valence-electron chi connectivity index (χ3n) is 6.61. The van der Waals surface area contributed by atoms with E-state index in [2.05, 4.69) is 42.4 Å². The zero-order valence-electron chi connectivity index (χ0n) is 16.8. The predicted octanol–water partition coefficient (Wildman–Crippen LogP) is 3.55. The number of likely N-dealkylation sites (tertiary alicyclic amines) is 1. The highest BCUT2D eigenvalue weighted by Crippen LogP contribution is 2.51. The van der Waals surface area contributed by atoms with E-state index in [-0.39, 0.29) is 0 Å². The summed E-state index contributed by atoms with van der Waals surface area (Å²) in [5, 5.41) is 0. The number of rotatable bonds is 7. The molecule has 0 spiro atoms. The summed E-state index contributed by atoms with van der Waals surface area (Å²) in [6, 6.07) is 0.716. The van der Waals surface area contributed by atoms with Crippen molar-refractivity contribution < 1.29 is 0 Å². The standard InChI is InChI=1S/C21H41N3/c1-18(2)14-21(7-8-21)17-23-9-5-6-20(16-23)15-22-10-12-24(13-11-22)19(3)4/h18-20H,5-17H2,1-4H3. The lowest BCUT2D eigenvalue weighted by Gasteiger charge is -2.41. The molecule has 2 heterocycles.